The highest BCUT2D eigenvalue weighted by atomic mass is 79.9. The third-order valence-electron chi connectivity index (χ3n) is 1.88. The molecule has 0 bridgehead atoms. The number of rotatable bonds is 3. The van der Waals surface area contributed by atoms with Crippen LogP contribution in [0.2, 0.25) is 0 Å². The van der Waals surface area contributed by atoms with Crippen LogP contribution < -0.4 is 10.6 Å². The molecule has 0 aliphatic carbocycles. The van der Waals surface area contributed by atoms with Gasteiger partial charge in [-0.15, -0.1) is 12.4 Å². The summed E-state index contributed by atoms with van der Waals surface area (Å²) in [5.74, 6) is -3.18. The first-order valence-electron chi connectivity index (χ1n) is 4.13. The van der Waals surface area contributed by atoms with Gasteiger partial charge in [0.05, 0.1) is 12.6 Å². The Bertz CT molecular complexity index is 263. The Kier molecular flexibility index (Phi) is 5.69. The van der Waals surface area contributed by atoms with Crippen molar-refractivity contribution in [1.82, 2.24) is 10.6 Å². The van der Waals surface area contributed by atoms with E-state index >= 15 is 0 Å². The maximum atomic E-state index is 12.7. The van der Waals surface area contributed by atoms with Gasteiger partial charge >= 0.3 is 0 Å². The summed E-state index contributed by atoms with van der Waals surface area (Å²) in [4.78, 5) is 11.3. The van der Waals surface area contributed by atoms with Gasteiger partial charge in [-0.05, 0) is 0 Å². The molecule has 2 N–H and O–H groups in total. The normalized spacial score (nSPS) is 23.0. The van der Waals surface area contributed by atoms with E-state index in [2.05, 4.69) is 33.1 Å². The molecule has 1 rings (SSSR count). The molecular weight excluding hydrogens is 293 g/mol. The molecule has 0 spiro atoms. The Labute approximate surface area is 101 Å². The van der Waals surface area contributed by atoms with Crippen molar-refractivity contribution < 1.29 is 13.6 Å². The number of hydrogen-bond donors (Lipinski definition) is 2. The van der Waals surface area contributed by atoms with E-state index in [-0.39, 0.29) is 19.0 Å². The lowest BCUT2D eigenvalue weighted by molar-refractivity contribution is -0.123. The van der Waals surface area contributed by atoms with Crippen LogP contribution in [0.1, 0.15) is 6.42 Å². The standard InChI is InChI=1S/C8H11BrF2N2O.ClH/c1-5(9)3-12-7(14)6-2-8(10,11)4-13-6;/h6,13H,1-4H2,(H,12,14);1H. The minimum Gasteiger partial charge on any atom is -0.350 e. The highest BCUT2D eigenvalue weighted by Crippen LogP contribution is 2.24. The van der Waals surface area contributed by atoms with E-state index in [0.29, 0.717) is 4.48 Å². The zero-order valence-corrected chi connectivity index (χ0v) is 10.3. The second kappa shape index (κ2) is 5.77. The Morgan fingerprint density at radius 2 is 2.27 bits per heavy atom. The molecule has 88 valence electrons. The second-order valence-electron chi connectivity index (χ2n) is 3.23. The van der Waals surface area contributed by atoms with Crippen LogP contribution in [0, 0.1) is 0 Å². The number of nitrogens with one attached hydrogen (secondary N) is 2. The summed E-state index contributed by atoms with van der Waals surface area (Å²) in [6.45, 7) is 3.34. The molecule has 7 heteroatoms. The second-order valence-corrected chi connectivity index (χ2v) is 4.35. The average molecular weight is 306 g/mol. The number of amides is 1. The zero-order valence-electron chi connectivity index (χ0n) is 7.86. The number of halogens is 4. The first-order valence-corrected chi connectivity index (χ1v) is 4.92. The SMILES string of the molecule is C=C(Br)CNC(=O)C1CC(F)(F)CN1.Cl. The summed E-state index contributed by atoms with van der Waals surface area (Å²) in [5, 5.41) is 4.94. The number of carbonyl (C=O) groups is 1. The summed E-state index contributed by atoms with van der Waals surface area (Å²) in [7, 11) is 0. The third-order valence-corrected chi connectivity index (χ3v) is 2.16. The fraction of sp³-hybridized carbons (Fsp3) is 0.625. The molecule has 15 heavy (non-hydrogen) atoms. The van der Waals surface area contributed by atoms with E-state index in [1.54, 1.807) is 0 Å². The molecule has 1 amide bonds. The van der Waals surface area contributed by atoms with Gasteiger partial charge in [-0.25, -0.2) is 8.78 Å². The van der Waals surface area contributed by atoms with E-state index in [9.17, 15) is 13.6 Å². The van der Waals surface area contributed by atoms with Gasteiger partial charge < -0.3 is 5.32 Å². The Morgan fingerprint density at radius 3 is 2.67 bits per heavy atom. The van der Waals surface area contributed by atoms with Crippen molar-refractivity contribution in [1.29, 1.82) is 0 Å². The highest BCUT2D eigenvalue weighted by Gasteiger charge is 2.42. The van der Waals surface area contributed by atoms with Gasteiger partial charge in [-0.1, -0.05) is 22.5 Å². The largest absolute Gasteiger partial charge is 0.350 e. The van der Waals surface area contributed by atoms with Crippen LogP contribution in [0.3, 0.4) is 0 Å². The minimum absolute atomic E-state index is 0. The predicted molar refractivity (Wildman–Crippen MR) is 59.7 cm³/mol. The minimum atomic E-state index is -2.77. The van der Waals surface area contributed by atoms with Crippen molar-refractivity contribution in [3.05, 3.63) is 11.1 Å². The van der Waals surface area contributed by atoms with Crippen LogP contribution >= 0.6 is 28.3 Å². The summed E-state index contributed by atoms with van der Waals surface area (Å²) < 4.78 is 26.0. The van der Waals surface area contributed by atoms with Crippen molar-refractivity contribution in [3.63, 3.8) is 0 Å². The van der Waals surface area contributed by atoms with Gasteiger partial charge in [-0.2, -0.15) is 0 Å². The lowest BCUT2D eigenvalue weighted by Crippen LogP contribution is -2.40. The average Bonchev–Trinajstić information content (AvgIpc) is 2.41. The van der Waals surface area contributed by atoms with Crippen LogP contribution in [0.4, 0.5) is 8.78 Å². The van der Waals surface area contributed by atoms with Crippen molar-refractivity contribution in [3.8, 4) is 0 Å². The maximum Gasteiger partial charge on any atom is 0.262 e. The van der Waals surface area contributed by atoms with Crippen molar-refractivity contribution in [2.45, 2.75) is 18.4 Å². The molecule has 1 aliphatic rings. The van der Waals surface area contributed by atoms with E-state index in [0.717, 1.165) is 0 Å². The van der Waals surface area contributed by atoms with Crippen LogP contribution in [0.5, 0.6) is 0 Å². The van der Waals surface area contributed by atoms with Crippen molar-refractivity contribution in [2.75, 3.05) is 13.1 Å². The van der Waals surface area contributed by atoms with Crippen LogP contribution in [-0.4, -0.2) is 31.0 Å². The fourth-order valence-electron chi connectivity index (χ4n) is 1.21. The van der Waals surface area contributed by atoms with Gasteiger partial charge in [-0.3, -0.25) is 10.1 Å². The van der Waals surface area contributed by atoms with Crippen molar-refractivity contribution in [2.24, 2.45) is 0 Å². The van der Waals surface area contributed by atoms with Gasteiger partial charge in [0.2, 0.25) is 5.91 Å². The molecule has 1 aliphatic heterocycles. The molecule has 0 aromatic carbocycles. The van der Waals surface area contributed by atoms with E-state index in [1.807, 2.05) is 0 Å². The molecule has 3 nitrogen and oxygen atoms in total. The van der Waals surface area contributed by atoms with Gasteiger partial charge in [0.1, 0.15) is 0 Å². The van der Waals surface area contributed by atoms with Crippen LogP contribution in [0.25, 0.3) is 0 Å². The molecular formula is C8H12BrClF2N2O. The Balaban J connectivity index is 0.00000196. The lowest BCUT2D eigenvalue weighted by Gasteiger charge is -2.10. The van der Waals surface area contributed by atoms with E-state index in [4.69, 9.17) is 0 Å². The maximum absolute atomic E-state index is 12.7. The Morgan fingerprint density at radius 1 is 1.67 bits per heavy atom. The van der Waals surface area contributed by atoms with Gasteiger partial charge in [0, 0.05) is 17.4 Å². The highest BCUT2D eigenvalue weighted by molar-refractivity contribution is 9.11. The summed E-state index contributed by atoms with van der Waals surface area (Å²) >= 11 is 3.06. The van der Waals surface area contributed by atoms with E-state index in [1.165, 1.54) is 0 Å². The molecule has 1 atom stereocenters. The summed E-state index contributed by atoms with van der Waals surface area (Å²) in [6, 6.07) is -0.795. The monoisotopic (exact) mass is 304 g/mol. The third kappa shape index (κ3) is 4.90. The first kappa shape index (κ1) is 14.8. The molecule has 1 fully saturated rings. The smallest absolute Gasteiger partial charge is 0.262 e. The summed E-state index contributed by atoms with van der Waals surface area (Å²) in [5.41, 5.74) is 0. The fourth-order valence-corrected chi connectivity index (χ4v) is 1.35. The molecule has 0 aromatic heterocycles. The molecule has 0 radical (unpaired) electrons. The lowest BCUT2D eigenvalue weighted by atomic mass is 10.2. The Hall–Kier alpha value is -0.200. The molecule has 0 saturated carbocycles. The van der Waals surface area contributed by atoms with Gasteiger partial charge in [0.15, 0.2) is 0 Å². The predicted octanol–water partition coefficient (Wildman–Crippen LogP) is 1.43. The molecule has 1 unspecified atom stereocenters. The quantitative estimate of drug-likeness (QED) is 0.828. The van der Waals surface area contributed by atoms with Gasteiger partial charge in [0.25, 0.3) is 5.92 Å². The number of carbonyl (C=O) groups excluding carboxylic acids is 1. The summed E-state index contributed by atoms with van der Waals surface area (Å²) in [6.07, 6.45) is -0.437. The first-order chi connectivity index (χ1) is 6.41. The van der Waals surface area contributed by atoms with Crippen LogP contribution in [0.15, 0.2) is 11.1 Å². The molecule has 1 heterocycles. The number of hydrogen-bond acceptors (Lipinski definition) is 2. The molecule has 1 saturated heterocycles. The van der Waals surface area contributed by atoms with Crippen molar-refractivity contribution >= 4 is 34.2 Å². The molecule has 0 aromatic rings. The van der Waals surface area contributed by atoms with E-state index < -0.39 is 30.8 Å². The zero-order chi connectivity index (χ0) is 10.8. The topological polar surface area (TPSA) is 41.1 Å². The number of alkyl halides is 2. The van der Waals surface area contributed by atoms with Crippen LogP contribution in [-0.2, 0) is 4.79 Å².